The van der Waals surface area contributed by atoms with Gasteiger partial charge in [0.15, 0.2) is 11.4 Å². The molecular formula is C27H33N5O8. The largest absolute Gasteiger partial charge is 0.508 e. The molecule has 214 valence electrons. The number of primary amides is 1. The van der Waals surface area contributed by atoms with Crippen molar-refractivity contribution in [3.05, 3.63) is 40.2 Å². The molecular weight excluding hydrogens is 522 g/mol. The number of fused-ring (bicyclic) bond motifs is 3. The van der Waals surface area contributed by atoms with Crippen LogP contribution in [0.3, 0.4) is 0 Å². The monoisotopic (exact) mass is 555 g/mol. The molecule has 0 aromatic heterocycles. The lowest BCUT2D eigenvalue weighted by Gasteiger charge is -2.50. The van der Waals surface area contributed by atoms with Crippen LogP contribution in [0.4, 0.5) is 10.5 Å². The number of ketones is 2. The minimum Gasteiger partial charge on any atom is -0.508 e. The Bertz CT molecular complexity index is 1400. The van der Waals surface area contributed by atoms with E-state index in [0.29, 0.717) is 25.2 Å². The third-order valence-electron chi connectivity index (χ3n) is 8.49. The standard InChI is InChI=1S/C27H33N5O8/c1-11-10-32(7-6-29-11)26(39)30-15-5-4-12-8-13-9-14-19(31(2)3)22(35)18(25(28)38)24(37)27(14,40)23(36)17(13)21(34)16(12)20(15)33/h4-5,11,13-14,19,29,33-34,37,40H,6-10H2,1-3H3,(H2,28,38)(H,30,39)/t11?,13?,14?,19-,27-/m0/s1. The Morgan fingerprint density at radius 3 is 2.52 bits per heavy atom. The third kappa shape index (κ3) is 3.95. The molecule has 5 atom stereocenters. The molecule has 4 aliphatic rings. The van der Waals surface area contributed by atoms with Crippen molar-refractivity contribution in [3.63, 3.8) is 0 Å². The number of aliphatic hydroxyl groups excluding tert-OH is 2. The van der Waals surface area contributed by atoms with Gasteiger partial charge in [0, 0.05) is 37.2 Å². The fraction of sp³-hybridized carbons (Fsp3) is 0.481. The summed E-state index contributed by atoms with van der Waals surface area (Å²) in [4.78, 5) is 55.0. The minimum absolute atomic E-state index is 0.00614. The van der Waals surface area contributed by atoms with Crippen LogP contribution < -0.4 is 16.4 Å². The zero-order valence-corrected chi connectivity index (χ0v) is 22.4. The van der Waals surface area contributed by atoms with Crippen molar-refractivity contribution >= 4 is 35.0 Å². The summed E-state index contributed by atoms with van der Waals surface area (Å²) in [5.74, 6) is -7.19. The fourth-order valence-electron chi connectivity index (χ4n) is 6.63. The van der Waals surface area contributed by atoms with Crippen LogP contribution in [0.5, 0.6) is 5.75 Å². The van der Waals surface area contributed by atoms with Gasteiger partial charge in [-0.2, -0.15) is 0 Å². The summed E-state index contributed by atoms with van der Waals surface area (Å²) >= 11 is 0. The quantitative estimate of drug-likeness (QED) is 0.193. The summed E-state index contributed by atoms with van der Waals surface area (Å²) in [6.07, 6.45) is 0.178. The Balaban J connectivity index is 1.57. The Labute approximate surface area is 229 Å². The molecule has 2 fully saturated rings. The summed E-state index contributed by atoms with van der Waals surface area (Å²) in [7, 11) is 3.09. The van der Waals surface area contributed by atoms with Gasteiger partial charge in [-0.15, -0.1) is 0 Å². The van der Waals surface area contributed by atoms with Crippen molar-refractivity contribution in [3.8, 4) is 5.75 Å². The van der Waals surface area contributed by atoms with Crippen molar-refractivity contribution < 1.29 is 39.6 Å². The number of anilines is 1. The number of carbonyl (C=O) groups excluding carboxylic acids is 4. The summed E-state index contributed by atoms with van der Waals surface area (Å²) in [5, 5.41) is 50.9. The van der Waals surface area contributed by atoms with E-state index in [2.05, 4.69) is 10.6 Å². The van der Waals surface area contributed by atoms with Gasteiger partial charge >= 0.3 is 6.03 Å². The van der Waals surface area contributed by atoms with Gasteiger partial charge in [-0.25, -0.2) is 4.79 Å². The molecule has 1 aromatic carbocycles. The van der Waals surface area contributed by atoms with Crippen molar-refractivity contribution in [1.29, 1.82) is 0 Å². The van der Waals surface area contributed by atoms with Gasteiger partial charge in [0.2, 0.25) is 5.78 Å². The van der Waals surface area contributed by atoms with E-state index < -0.39 is 69.8 Å². The number of Topliss-reactive ketones (excluding diaryl/α,β-unsaturated/α-hetero) is 2. The topological polar surface area (TPSA) is 206 Å². The molecule has 1 aromatic rings. The number of nitrogens with two attached hydrogens (primary N) is 1. The number of nitrogens with one attached hydrogen (secondary N) is 2. The highest BCUT2D eigenvalue weighted by molar-refractivity contribution is 6.24. The van der Waals surface area contributed by atoms with Crippen LogP contribution in [0.25, 0.3) is 5.76 Å². The highest BCUT2D eigenvalue weighted by atomic mass is 16.3. The number of carbonyl (C=O) groups is 4. The SMILES string of the molecule is CC1CN(C(=O)Nc2ccc3c(c2O)C(O)=C2C(=O)[C@]4(O)C(O)=C(C(N)=O)C(=O)[C@@H](N(C)C)C4CC2C3)CCN1. The van der Waals surface area contributed by atoms with Gasteiger partial charge < -0.3 is 41.7 Å². The molecule has 0 bridgehead atoms. The molecule has 3 amide bonds. The van der Waals surface area contributed by atoms with Gasteiger partial charge in [-0.05, 0) is 51.4 Å². The molecule has 0 spiro atoms. The Morgan fingerprint density at radius 2 is 1.90 bits per heavy atom. The molecule has 40 heavy (non-hydrogen) atoms. The van der Waals surface area contributed by atoms with Crippen LogP contribution >= 0.6 is 0 Å². The van der Waals surface area contributed by atoms with Crippen molar-refractivity contribution in [2.75, 3.05) is 39.0 Å². The van der Waals surface area contributed by atoms with Gasteiger partial charge in [-0.3, -0.25) is 19.3 Å². The number of phenolic OH excluding ortho intramolecular Hbond substituents is 1. The molecule has 5 rings (SSSR count). The van der Waals surface area contributed by atoms with E-state index in [1.165, 1.54) is 11.0 Å². The lowest BCUT2D eigenvalue weighted by Crippen LogP contribution is -2.65. The Hall–Kier alpha value is -3.94. The van der Waals surface area contributed by atoms with Crippen molar-refractivity contribution in [2.24, 2.45) is 17.6 Å². The first-order chi connectivity index (χ1) is 18.8. The number of hydrogen-bond donors (Lipinski definition) is 7. The number of aliphatic hydroxyl groups is 3. The fourth-order valence-corrected chi connectivity index (χ4v) is 6.63. The molecule has 3 unspecified atom stereocenters. The molecule has 3 aliphatic carbocycles. The van der Waals surface area contributed by atoms with Gasteiger partial charge in [0.25, 0.3) is 5.91 Å². The summed E-state index contributed by atoms with van der Waals surface area (Å²) < 4.78 is 0. The number of phenols is 1. The second-order valence-corrected chi connectivity index (χ2v) is 11.2. The first kappa shape index (κ1) is 27.6. The van der Waals surface area contributed by atoms with Crippen molar-refractivity contribution in [1.82, 2.24) is 15.1 Å². The number of rotatable bonds is 3. The minimum atomic E-state index is -2.70. The maximum Gasteiger partial charge on any atom is 0.322 e. The number of piperazine rings is 1. The molecule has 8 N–H and O–H groups in total. The van der Waals surface area contributed by atoms with E-state index in [9.17, 15) is 39.6 Å². The van der Waals surface area contributed by atoms with Crippen LogP contribution in [-0.4, -0.2) is 105 Å². The van der Waals surface area contributed by atoms with E-state index in [1.54, 1.807) is 25.1 Å². The lowest BCUT2D eigenvalue weighted by molar-refractivity contribution is -0.153. The number of urea groups is 1. The molecule has 0 radical (unpaired) electrons. The molecule has 1 heterocycles. The number of nitrogens with zero attached hydrogens (tertiary/aromatic N) is 2. The zero-order valence-electron chi connectivity index (χ0n) is 22.4. The maximum absolute atomic E-state index is 13.9. The predicted molar refractivity (Wildman–Crippen MR) is 142 cm³/mol. The Kier molecular flexibility index (Phi) is 6.63. The normalized spacial score (nSPS) is 30.2. The highest BCUT2D eigenvalue weighted by Crippen LogP contribution is 2.53. The number of likely N-dealkylation sites (N-methyl/N-ethyl adjacent to an activating group) is 1. The van der Waals surface area contributed by atoms with Gasteiger partial charge in [0.1, 0.15) is 22.8 Å². The van der Waals surface area contributed by atoms with E-state index in [1.807, 2.05) is 6.92 Å². The average molecular weight is 556 g/mol. The molecule has 13 heteroatoms. The number of benzene rings is 1. The summed E-state index contributed by atoms with van der Waals surface area (Å²) in [6.45, 7) is 3.49. The molecule has 13 nitrogen and oxygen atoms in total. The molecule has 1 saturated heterocycles. The first-order valence-electron chi connectivity index (χ1n) is 13.1. The van der Waals surface area contributed by atoms with Crippen molar-refractivity contribution in [2.45, 2.75) is 37.5 Å². The summed E-state index contributed by atoms with van der Waals surface area (Å²) in [5.41, 5.74) is 1.97. The van der Waals surface area contributed by atoms with Crippen LogP contribution in [0.1, 0.15) is 24.5 Å². The highest BCUT2D eigenvalue weighted by Gasteiger charge is 2.64. The number of amides is 3. The van der Waals surface area contributed by atoms with E-state index in [-0.39, 0.29) is 35.7 Å². The second-order valence-electron chi connectivity index (χ2n) is 11.2. The van der Waals surface area contributed by atoms with Crippen LogP contribution in [0.15, 0.2) is 29.0 Å². The maximum atomic E-state index is 13.9. The lowest BCUT2D eigenvalue weighted by atomic mass is 9.57. The van der Waals surface area contributed by atoms with E-state index >= 15 is 0 Å². The second kappa shape index (κ2) is 9.61. The average Bonchev–Trinajstić information content (AvgIpc) is 2.87. The summed E-state index contributed by atoms with van der Waals surface area (Å²) in [6, 6.07) is 1.65. The molecule has 1 saturated carbocycles. The van der Waals surface area contributed by atoms with Crippen LogP contribution in [0, 0.1) is 11.8 Å². The van der Waals surface area contributed by atoms with Gasteiger partial charge in [-0.1, -0.05) is 6.07 Å². The third-order valence-corrected chi connectivity index (χ3v) is 8.49. The number of aromatic hydroxyl groups is 1. The zero-order chi connectivity index (χ0) is 29.3. The van der Waals surface area contributed by atoms with E-state index in [0.717, 1.165) is 0 Å². The van der Waals surface area contributed by atoms with Gasteiger partial charge in [0.05, 0.1) is 17.3 Å². The van der Waals surface area contributed by atoms with Crippen LogP contribution in [-0.2, 0) is 20.8 Å². The smallest absolute Gasteiger partial charge is 0.322 e. The molecule has 1 aliphatic heterocycles. The predicted octanol–water partition coefficient (Wildman–Crippen LogP) is -0.210. The first-order valence-corrected chi connectivity index (χ1v) is 13.1. The van der Waals surface area contributed by atoms with E-state index in [4.69, 9.17) is 5.73 Å². The Morgan fingerprint density at radius 1 is 1.20 bits per heavy atom. The van der Waals surface area contributed by atoms with Crippen LogP contribution in [0.2, 0.25) is 0 Å². The number of hydrogen-bond acceptors (Lipinski definition) is 10.